The summed E-state index contributed by atoms with van der Waals surface area (Å²) in [6.45, 7) is 2.08. The fourth-order valence-corrected chi connectivity index (χ4v) is 7.74. The van der Waals surface area contributed by atoms with Crippen LogP contribution in [-0.2, 0) is 22.6 Å². The number of hydrogen-bond donors (Lipinski definition) is 4. The summed E-state index contributed by atoms with van der Waals surface area (Å²) in [7, 11) is 0. The molecule has 0 unspecified atom stereocenters. The lowest BCUT2D eigenvalue weighted by Crippen LogP contribution is -2.61. The third-order valence-corrected chi connectivity index (χ3v) is 10.2. The largest absolute Gasteiger partial charge is 0.478 e. The van der Waals surface area contributed by atoms with Gasteiger partial charge in [0.05, 0.1) is 11.4 Å². The van der Waals surface area contributed by atoms with Gasteiger partial charge in [-0.25, -0.2) is 4.79 Å². The minimum Gasteiger partial charge on any atom is -0.478 e. The smallest absolute Gasteiger partial charge is 0.328 e. The van der Waals surface area contributed by atoms with Crippen molar-refractivity contribution in [1.82, 2.24) is 20.2 Å². The van der Waals surface area contributed by atoms with Gasteiger partial charge in [0, 0.05) is 41.0 Å². The molecule has 47 heavy (non-hydrogen) atoms. The molecule has 9 nitrogen and oxygen atoms in total. The Morgan fingerprint density at radius 2 is 1.77 bits per heavy atom. The van der Waals surface area contributed by atoms with Crippen LogP contribution >= 0.6 is 0 Å². The van der Waals surface area contributed by atoms with E-state index in [0.717, 1.165) is 36.7 Å². The second-order valence-electron chi connectivity index (χ2n) is 13.1. The van der Waals surface area contributed by atoms with Gasteiger partial charge in [-0.1, -0.05) is 43.5 Å². The molecule has 9 heteroatoms. The van der Waals surface area contributed by atoms with Crippen LogP contribution in [0.4, 0.5) is 5.69 Å². The van der Waals surface area contributed by atoms with Gasteiger partial charge in [-0.05, 0) is 111 Å². The van der Waals surface area contributed by atoms with Crippen LogP contribution in [0.3, 0.4) is 0 Å². The van der Waals surface area contributed by atoms with Crippen LogP contribution in [0.1, 0.15) is 84.3 Å². The number of anilines is 1. The molecule has 4 N–H and O–H groups in total. The van der Waals surface area contributed by atoms with Crippen LogP contribution < -0.4 is 16.0 Å². The van der Waals surface area contributed by atoms with E-state index in [9.17, 15) is 14.4 Å². The molecule has 242 valence electrons. The second-order valence-corrected chi connectivity index (χ2v) is 13.1. The van der Waals surface area contributed by atoms with Gasteiger partial charge in [0.25, 0.3) is 5.91 Å². The maximum Gasteiger partial charge on any atom is 0.328 e. The van der Waals surface area contributed by atoms with Crippen molar-refractivity contribution in [3.63, 3.8) is 0 Å². The monoisotopic (exact) mass is 631 g/mol. The topological polar surface area (TPSA) is 125 Å². The number of carboxylic acids is 1. The highest BCUT2D eigenvalue weighted by Crippen LogP contribution is 2.45. The summed E-state index contributed by atoms with van der Waals surface area (Å²) in [5.41, 5.74) is 6.77. The number of carbonyl (C=O) groups excluding carboxylic acids is 2. The van der Waals surface area contributed by atoms with Crippen molar-refractivity contribution in [3.8, 4) is 11.4 Å². The Morgan fingerprint density at radius 1 is 0.979 bits per heavy atom. The third-order valence-electron chi connectivity index (χ3n) is 10.2. The summed E-state index contributed by atoms with van der Waals surface area (Å²) >= 11 is 0. The quantitative estimate of drug-likeness (QED) is 0.178. The molecule has 2 aromatic heterocycles. The van der Waals surface area contributed by atoms with Gasteiger partial charge in [0.1, 0.15) is 5.54 Å². The molecule has 3 aliphatic rings. The Bertz CT molecular complexity index is 1850. The maximum absolute atomic E-state index is 14.0. The zero-order valence-electron chi connectivity index (χ0n) is 26.6. The van der Waals surface area contributed by atoms with Gasteiger partial charge < -0.3 is 25.6 Å². The number of fused-ring (bicyclic) bond motifs is 5. The minimum atomic E-state index is -1.08. The van der Waals surface area contributed by atoms with Crippen molar-refractivity contribution in [2.75, 3.05) is 18.4 Å². The number of rotatable bonds is 7. The van der Waals surface area contributed by atoms with Crippen LogP contribution in [-0.4, -0.2) is 51.1 Å². The van der Waals surface area contributed by atoms with E-state index in [1.165, 1.54) is 60.4 Å². The first-order valence-electron chi connectivity index (χ1n) is 16.9. The van der Waals surface area contributed by atoms with Crippen LogP contribution in [0.5, 0.6) is 0 Å². The summed E-state index contributed by atoms with van der Waals surface area (Å²) in [5, 5.41) is 19.6. The number of aromatic nitrogens is 2. The highest BCUT2D eigenvalue weighted by molar-refractivity contribution is 6.06. The maximum atomic E-state index is 14.0. The summed E-state index contributed by atoms with van der Waals surface area (Å²) in [4.78, 5) is 43.6. The van der Waals surface area contributed by atoms with Crippen LogP contribution in [0, 0.1) is 0 Å². The number of nitrogens with zero attached hydrogens (tertiary/aromatic N) is 2. The lowest BCUT2D eigenvalue weighted by atomic mass is 9.82. The average Bonchev–Trinajstić information content (AvgIpc) is 3.29. The zero-order chi connectivity index (χ0) is 32.4. The molecule has 0 radical (unpaired) electrons. The predicted molar refractivity (Wildman–Crippen MR) is 183 cm³/mol. The molecule has 2 fully saturated rings. The molecule has 2 aliphatic heterocycles. The lowest BCUT2D eigenvalue weighted by Gasteiger charge is -2.37. The molecule has 2 amide bonds. The Morgan fingerprint density at radius 3 is 2.53 bits per heavy atom. The minimum absolute atomic E-state index is 0.263. The molecule has 7 rings (SSSR count). The zero-order valence-corrected chi connectivity index (χ0v) is 26.6. The highest BCUT2D eigenvalue weighted by Gasteiger charge is 2.41. The van der Waals surface area contributed by atoms with E-state index < -0.39 is 11.5 Å². The van der Waals surface area contributed by atoms with E-state index in [-0.39, 0.29) is 11.8 Å². The van der Waals surface area contributed by atoms with Crippen molar-refractivity contribution < 1.29 is 19.5 Å². The number of aliphatic carboxylic acids is 1. The van der Waals surface area contributed by atoms with E-state index in [1.54, 1.807) is 24.3 Å². The molecule has 1 aliphatic carbocycles. The summed E-state index contributed by atoms with van der Waals surface area (Å²) in [6.07, 6.45) is 13.4. The number of piperidine rings is 1. The van der Waals surface area contributed by atoms with Crippen molar-refractivity contribution >= 4 is 40.4 Å². The summed E-state index contributed by atoms with van der Waals surface area (Å²) in [5.74, 6) is -1.08. The van der Waals surface area contributed by atoms with E-state index in [1.807, 2.05) is 24.4 Å². The SMILES string of the molecule is O=C(O)/C=C/c1ccc(NC(=O)C2(NC(=O)c3ccc4c(C5CCCCC5)c5n(c4c3)CCCc3cccnc3-5)CCNCC2)cc1. The van der Waals surface area contributed by atoms with Crippen LogP contribution in [0.25, 0.3) is 28.4 Å². The molecule has 1 saturated carbocycles. The molecule has 0 atom stereocenters. The molecule has 0 bridgehead atoms. The molecule has 4 heterocycles. The van der Waals surface area contributed by atoms with Gasteiger partial charge in [-0.3, -0.25) is 14.6 Å². The third kappa shape index (κ3) is 6.20. The van der Waals surface area contributed by atoms with Gasteiger partial charge in [-0.2, -0.15) is 0 Å². The van der Waals surface area contributed by atoms with E-state index >= 15 is 0 Å². The fraction of sp³-hybridized carbons (Fsp3) is 0.368. The Balaban J connectivity index is 1.20. The van der Waals surface area contributed by atoms with Crippen molar-refractivity contribution in [1.29, 1.82) is 0 Å². The van der Waals surface area contributed by atoms with Crippen molar-refractivity contribution in [2.45, 2.75) is 75.8 Å². The molecule has 4 aromatic rings. The van der Waals surface area contributed by atoms with E-state index in [4.69, 9.17) is 10.1 Å². The van der Waals surface area contributed by atoms with Gasteiger partial charge >= 0.3 is 5.97 Å². The molecular weight excluding hydrogens is 590 g/mol. The van der Waals surface area contributed by atoms with E-state index in [2.05, 4.69) is 32.7 Å². The first-order chi connectivity index (χ1) is 22.9. The van der Waals surface area contributed by atoms with Crippen molar-refractivity contribution in [3.05, 3.63) is 89.1 Å². The molecule has 1 saturated heterocycles. The molecule has 2 aromatic carbocycles. The number of aryl methyl sites for hydroxylation is 2. The molecular formula is C38H41N5O4. The number of carbonyl (C=O) groups is 3. The Hall–Kier alpha value is -4.76. The summed E-state index contributed by atoms with van der Waals surface area (Å²) < 4.78 is 2.40. The van der Waals surface area contributed by atoms with Crippen LogP contribution in [0.15, 0.2) is 66.9 Å². The fourth-order valence-electron chi connectivity index (χ4n) is 7.74. The van der Waals surface area contributed by atoms with Gasteiger partial charge in [0.2, 0.25) is 5.91 Å². The highest BCUT2D eigenvalue weighted by atomic mass is 16.4. The normalized spacial score (nSPS) is 17.9. The number of pyridine rings is 1. The van der Waals surface area contributed by atoms with Gasteiger partial charge in [-0.15, -0.1) is 0 Å². The first kappa shape index (κ1) is 30.9. The number of nitrogens with one attached hydrogen (secondary N) is 3. The second kappa shape index (κ2) is 13.2. The van der Waals surface area contributed by atoms with E-state index in [0.29, 0.717) is 48.7 Å². The Kier molecular flexibility index (Phi) is 8.64. The first-order valence-corrected chi connectivity index (χ1v) is 16.9. The summed E-state index contributed by atoms with van der Waals surface area (Å²) in [6, 6.07) is 17.2. The number of benzene rings is 2. The Labute approximate surface area is 274 Å². The average molecular weight is 632 g/mol. The lowest BCUT2D eigenvalue weighted by molar-refractivity contribution is -0.131. The number of hydrogen-bond acceptors (Lipinski definition) is 5. The number of carboxylic acid groups (broad SMARTS) is 1. The standard InChI is InChI=1S/C38H41N5O4/c44-32(45)17-12-25-10-14-29(15-11-25)41-37(47)38(18-21-39-22-19-38)42-36(46)28-13-16-30-31(24-28)43-23-5-9-27-8-4-20-40-34(27)35(43)33(30)26-6-2-1-3-7-26/h4,8,10-17,20,24,26,39H,1-3,5-7,9,18-19,21-23H2,(H,41,47)(H,42,46)(H,44,45)/b17-12+. The predicted octanol–water partition coefficient (Wildman–Crippen LogP) is 6.29. The molecule has 0 spiro atoms. The van der Waals surface area contributed by atoms with Crippen LogP contribution in [0.2, 0.25) is 0 Å². The number of amides is 2. The van der Waals surface area contributed by atoms with Crippen molar-refractivity contribution in [2.24, 2.45) is 0 Å². The van der Waals surface area contributed by atoms with Gasteiger partial charge in [0.15, 0.2) is 0 Å².